The first-order chi connectivity index (χ1) is 12.1. The third-order valence-electron chi connectivity index (χ3n) is 3.87. The molecule has 0 spiro atoms. The van der Waals surface area contributed by atoms with Crippen LogP contribution in [0.1, 0.15) is 5.56 Å². The lowest BCUT2D eigenvalue weighted by Gasteiger charge is -2.16. The summed E-state index contributed by atoms with van der Waals surface area (Å²) in [6.07, 6.45) is 0. The van der Waals surface area contributed by atoms with Crippen molar-refractivity contribution in [3.8, 4) is 22.6 Å². The minimum atomic E-state index is 0.396. The SMILES string of the molecule is COc1cccc(OCc2cccc(Br)c2-c2ccccc2Br)c1N. The van der Waals surface area contributed by atoms with Gasteiger partial charge in [-0.2, -0.15) is 0 Å². The highest BCUT2D eigenvalue weighted by Gasteiger charge is 2.13. The van der Waals surface area contributed by atoms with Gasteiger partial charge in [-0.25, -0.2) is 0 Å². The molecule has 25 heavy (non-hydrogen) atoms. The summed E-state index contributed by atoms with van der Waals surface area (Å²) >= 11 is 7.29. The molecule has 0 aromatic heterocycles. The number of nitrogens with two attached hydrogens (primary N) is 1. The molecule has 2 N–H and O–H groups in total. The Morgan fingerprint density at radius 3 is 2.28 bits per heavy atom. The monoisotopic (exact) mass is 461 g/mol. The molecule has 3 aromatic rings. The molecule has 3 aromatic carbocycles. The van der Waals surface area contributed by atoms with Crippen LogP contribution < -0.4 is 15.2 Å². The van der Waals surface area contributed by atoms with Gasteiger partial charge in [0.05, 0.1) is 7.11 Å². The number of methoxy groups -OCH3 is 1. The van der Waals surface area contributed by atoms with Crippen LogP contribution in [0.4, 0.5) is 5.69 Å². The number of hydrogen-bond donors (Lipinski definition) is 1. The molecular weight excluding hydrogens is 446 g/mol. The first-order valence-electron chi connectivity index (χ1n) is 7.69. The maximum Gasteiger partial charge on any atom is 0.146 e. The van der Waals surface area contributed by atoms with Gasteiger partial charge in [-0.3, -0.25) is 0 Å². The Hall–Kier alpha value is -1.98. The van der Waals surface area contributed by atoms with Gasteiger partial charge in [0.25, 0.3) is 0 Å². The lowest BCUT2D eigenvalue weighted by atomic mass is 10.0. The number of halogens is 2. The minimum Gasteiger partial charge on any atom is -0.494 e. The largest absolute Gasteiger partial charge is 0.494 e. The van der Waals surface area contributed by atoms with Gasteiger partial charge in [0.2, 0.25) is 0 Å². The summed E-state index contributed by atoms with van der Waals surface area (Å²) < 4.78 is 13.3. The second-order valence-corrected chi connectivity index (χ2v) is 7.12. The van der Waals surface area contributed by atoms with Crippen LogP contribution in [0.15, 0.2) is 69.6 Å². The first-order valence-corrected chi connectivity index (χ1v) is 9.28. The molecule has 0 bridgehead atoms. The average molecular weight is 463 g/mol. The molecule has 0 heterocycles. The lowest BCUT2D eigenvalue weighted by molar-refractivity contribution is 0.306. The minimum absolute atomic E-state index is 0.396. The van der Waals surface area contributed by atoms with E-state index < -0.39 is 0 Å². The van der Waals surface area contributed by atoms with Gasteiger partial charge in [-0.05, 0) is 35.4 Å². The molecule has 3 rings (SSSR count). The van der Waals surface area contributed by atoms with Gasteiger partial charge in [0, 0.05) is 14.5 Å². The van der Waals surface area contributed by atoms with Gasteiger partial charge in [0.1, 0.15) is 23.8 Å². The van der Waals surface area contributed by atoms with Crippen molar-refractivity contribution in [3.05, 3.63) is 75.2 Å². The van der Waals surface area contributed by atoms with E-state index >= 15 is 0 Å². The molecule has 5 heteroatoms. The van der Waals surface area contributed by atoms with E-state index in [-0.39, 0.29) is 0 Å². The molecule has 0 amide bonds. The fraction of sp³-hybridized carbons (Fsp3) is 0.100. The van der Waals surface area contributed by atoms with Crippen molar-refractivity contribution in [1.82, 2.24) is 0 Å². The summed E-state index contributed by atoms with van der Waals surface area (Å²) in [6, 6.07) is 19.7. The van der Waals surface area contributed by atoms with Crippen LogP contribution >= 0.6 is 31.9 Å². The van der Waals surface area contributed by atoms with Crippen LogP contribution in [0.25, 0.3) is 11.1 Å². The van der Waals surface area contributed by atoms with Crippen molar-refractivity contribution >= 4 is 37.5 Å². The standard InChI is InChI=1S/C20H17Br2NO2/c1-24-17-10-5-11-18(20(17)23)25-12-13-6-4-9-16(22)19(13)14-7-2-3-8-15(14)21/h2-11H,12,23H2,1H3. The van der Waals surface area contributed by atoms with Crippen molar-refractivity contribution < 1.29 is 9.47 Å². The molecule has 0 aliphatic rings. The van der Waals surface area contributed by atoms with E-state index in [0.717, 1.165) is 25.6 Å². The van der Waals surface area contributed by atoms with Gasteiger partial charge in [0.15, 0.2) is 0 Å². The summed E-state index contributed by atoms with van der Waals surface area (Å²) in [7, 11) is 1.59. The molecule has 128 valence electrons. The number of rotatable bonds is 5. The molecular formula is C20H17Br2NO2. The summed E-state index contributed by atoms with van der Waals surface area (Å²) in [5.41, 5.74) is 9.85. The van der Waals surface area contributed by atoms with E-state index in [1.807, 2.05) is 48.5 Å². The van der Waals surface area contributed by atoms with E-state index in [0.29, 0.717) is 23.8 Å². The normalized spacial score (nSPS) is 10.5. The average Bonchev–Trinajstić information content (AvgIpc) is 2.62. The number of para-hydroxylation sites is 1. The second kappa shape index (κ2) is 7.93. The zero-order valence-electron chi connectivity index (χ0n) is 13.6. The van der Waals surface area contributed by atoms with Crippen molar-refractivity contribution in [1.29, 1.82) is 0 Å². The lowest BCUT2D eigenvalue weighted by Crippen LogP contribution is -2.02. The predicted octanol–water partition coefficient (Wildman–Crippen LogP) is 6.05. The van der Waals surface area contributed by atoms with Crippen molar-refractivity contribution in [2.75, 3.05) is 12.8 Å². The van der Waals surface area contributed by atoms with E-state index in [4.69, 9.17) is 15.2 Å². The Morgan fingerprint density at radius 1 is 0.840 bits per heavy atom. The fourth-order valence-electron chi connectivity index (χ4n) is 2.64. The third kappa shape index (κ3) is 3.83. The number of ether oxygens (including phenoxy) is 2. The maximum atomic E-state index is 6.09. The Balaban J connectivity index is 1.95. The van der Waals surface area contributed by atoms with Crippen LogP contribution in [0.2, 0.25) is 0 Å². The van der Waals surface area contributed by atoms with Gasteiger partial charge < -0.3 is 15.2 Å². The molecule has 0 saturated heterocycles. The summed E-state index contributed by atoms with van der Waals surface area (Å²) in [6.45, 7) is 0.396. The van der Waals surface area contributed by atoms with Crippen LogP contribution in [-0.4, -0.2) is 7.11 Å². The summed E-state index contributed by atoms with van der Waals surface area (Å²) in [5.74, 6) is 1.22. The molecule has 0 aliphatic carbocycles. The van der Waals surface area contributed by atoms with Gasteiger partial charge in [-0.1, -0.05) is 68.3 Å². The number of benzene rings is 3. The van der Waals surface area contributed by atoms with Crippen molar-refractivity contribution in [3.63, 3.8) is 0 Å². The molecule has 0 aliphatic heterocycles. The Bertz CT molecular complexity index is 897. The van der Waals surface area contributed by atoms with Crippen LogP contribution in [0.5, 0.6) is 11.5 Å². The summed E-state index contributed by atoms with van der Waals surface area (Å²) in [4.78, 5) is 0. The third-order valence-corrected chi connectivity index (χ3v) is 5.22. The fourth-order valence-corrected chi connectivity index (χ4v) is 3.74. The topological polar surface area (TPSA) is 44.5 Å². The molecule has 0 fully saturated rings. The second-order valence-electron chi connectivity index (χ2n) is 5.41. The number of anilines is 1. The first kappa shape index (κ1) is 17.8. The van der Waals surface area contributed by atoms with Crippen molar-refractivity contribution in [2.45, 2.75) is 6.61 Å². The predicted molar refractivity (Wildman–Crippen MR) is 109 cm³/mol. The zero-order chi connectivity index (χ0) is 17.8. The maximum absolute atomic E-state index is 6.09. The quantitative estimate of drug-likeness (QED) is 0.469. The van der Waals surface area contributed by atoms with Crippen molar-refractivity contribution in [2.24, 2.45) is 0 Å². The molecule has 0 atom stereocenters. The number of nitrogen functional groups attached to an aromatic ring is 1. The van der Waals surface area contributed by atoms with Crippen LogP contribution in [0.3, 0.4) is 0 Å². The van der Waals surface area contributed by atoms with E-state index in [1.54, 1.807) is 7.11 Å². The summed E-state index contributed by atoms with van der Waals surface area (Å²) in [5, 5.41) is 0. The van der Waals surface area contributed by atoms with Gasteiger partial charge >= 0.3 is 0 Å². The Kier molecular flexibility index (Phi) is 5.66. The molecule has 0 radical (unpaired) electrons. The van der Waals surface area contributed by atoms with E-state index in [2.05, 4.69) is 44.0 Å². The highest BCUT2D eigenvalue weighted by Crippen LogP contribution is 2.37. The van der Waals surface area contributed by atoms with Gasteiger partial charge in [-0.15, -0.1) is 0 Å². The zero-order valence-corrected chi connectivity index (χ0v) is 16.8. The van der Waals surface area contributed by atoms with Crippen LogP contribution in [0, 0.1) is 0 Å². The molecule has 3 nitrogen and oxygen atoms in total. The van der Waals surface area contributed by atoms with E-state index in [1.165, 1.54) is 0 Å². The van der Waals surface area contributed by atoms with E-state index in [9.17, 15) is 0 Å². The van der Waals surface area contributed by atoms with Crippen LogP contribution in [-0.2, 0) is 6.61 Å². The highest BCUT2D eigenvalue weighted by molar-refractivity contribution is 9.11. The molecule has 0 saturated carbocycles. The smallest absolute Gasteiger partial charge is 0.146 e. The molecule has 0 unspecified atom stereocenters. The number of hydrogen-bond acceptors (Lipinski definition) is 3. The Labute approximate surface area is 164 Å². The highest BCUT2D eigenvalue weighted by atomic mass is 79.9. The Morgan fingerprint density at radius 2 is 1.52 bits per heavy atom.